The molecule has 2 aromatic heterocycles. The van der Waals surface area contributed by atoms with E-state index in [1.807, 2.05) is 0 Å². The van der Waals surface area contributed by atoms with Crippen LogP contribution in [0.25, 0.3) is 11.2 Å². The van der Waals surface area contributed by atoms with Crippen molar-refractivity contribution in [2.75, 3.05) is 19.8 Å². The zero-order valence-electron chi connectivity index (χ0n) is 18.0. The predicted octanol–water partition coefficient (Wildman–Crippen LogP) is 1.66. The lowest BCUT2D eigenvalue weighted by Crippen LogP contribution is -2.39. The largest absolute Gasteiger partial charge is 0.573 e. The van der Waals surface area contributed by atoms with E-state index in [9.17, 15) is 22.8 Å². The van der Waals surface area contributed by atoms with Crippen LogP contribution in [0.4, 0.5) is 13.2 Å². The lowest BCUT2D eigenvalue weighted by Gasteiger charge is -2.11. The molecule has 0 spiro atoms. The first-order chi connectivity index (χ1) is 15.7. The normalized spacial score (nSPS) is 11.7. The van der Waals surface area contributed by atoms with Gasteiger partial charge in [-0.1, -0.05) is 6.07 Å². The van der Waals surface area contributed by atoms with Crippen LogP contribution in [0.2, 0.25) is 0 Å². The Morgan fingerprint density at radius 3 is 2.45 bits per heavy atom. The monoisotopic (exact) mass is 472 g/mol. The van der Waals surface area contributed by atoms with Gasteiger partial charge < -0.3 is 19.3 Å². The van der Waals surface area contributed by atoms with Crippen LogP contribution >= 0.6 is 0 Å². The number of rotatable bonds is 10. The summed E-state index contributed by atoms with van der Waals surface area (Å²) in [5, 5.41) is 9.03. The van der Waals surface area contributed by atoms with E-state index in [-0.39, 0.29) is 55.7 Å². The van der Waals surface area contributed by atoms with Gasteiger partial charge in [-0.2, -0.15) is 4.98 Å². The summed E-state index contributed by atoms with van der Waals surface area (Å²) < 4.78 is 55.7. The third kappa shape index (κ3) is 5.48. The van der Waals surface area contributed by atoms with Crippen molar-refractivity contribution in [1.29, 1.82) is 0 Å². The standard InChI is InChI=1S/C20H23F3N4O6/c1-3-26-15-16(25(2)19(30)27(17(15)29)8-5-9-28)24-18(26)32-11-10-31-13-6-4-7-14(12-13)33-20(21,22)23/h4,6-7,12,28H,3,5,8-11H2,1-2H3. The van der Waals surface area contributed by atoms with Gasteiger partial charge in [-0.05, 0) is 25.5 Å². The van der Waals surface area contributed by atoms with Gasteiger partial charge in [0.2, 0.25) is 0 Å². The molecule has 1 N–H and O–H groups in total. The van der Waals surface area contributed by atoms with E-state index in [0.29, 0.717) is 6.54 Å². The number of hydrogen-bond donors (Lipinski definition) is 1. The zero-order valence-corrected chi connectivity index (χ0v) is 18.0. The SMILES string of the molecule is CCn1c(OCCOc2cccc(OC(F)(F)F)c2)nc2c1c(=O)n(CCCO)c(=O)n2C. The molecule has 1 aromatic carbocycles. The maximum atomic E-state index is 12.9. The highest BCUT2D eigenvalue weighted by Gasteiger charge is 2.31. The molecular weight excluding hydrogens is 449 g/mol. The van der Waals surface area contributed by atoms with Gasteiger partial charge in [0.1, 0.15) is 24.7 Å². The van der Waals surface area contributed by atoms with Crippen LogP contribution < -0.4 is 25.5 Å². The highest BCUT2D eigenvalue weighted by molar-refractivity contribution is 5.71. The molecule has 0 bridgehead atoms. The van der Waals surface area contributed by atoms with Gasteiger partial charge in [-0.25, -0.2) is 4.79 Å². The third-order valence-electron chi connectivity index (χ3n) is 4.68. The van der Waals surface area contributed by atoms with Crippen LogP contribution in [-0.4, -0.2) is 50.0 Å². The average Bonchev–Trinajstić information content (AvgIpc) is 3.13. The number of aromatic nitrogens is 4. The number of ether oxygens (including phenoxy) is 3. The Bertz CT molecular complexity index is 1230. The van der Waals surface area contributed by atoms with Gasteiger partial charge in [0, 0.05) is 32.8 Å². The van der Waals surface area contributed by atoms with Gasteiger partial charge in [0.15, 0.2) is 11.2 Å². The van der Waals surface area contributed by atoms with Crippen LogP contribution in [0.15, 0.2) is 33.9 Å². The Kier molecular flexibility index (Phi) is 7.31. The summed E-state index contributed by atoms with van der Waals surface area (Å²) in [5.41, 5.74) is -0.758. The Morgan fingerprint density at radius 1 is 1.09 bits per heavy atom. The molecule has 3 rings (SSSR count). The molecule has 0 aliphatic carbocycles. The van der Waals surface area contributed by atoms with Crippen LogP contribution in [0, 0.1) is 0 Å². The number of hydrogen-bond acceptors (Lipinski definition) is 7. The number of aliphatic hydroxyl groups excluding tert-OH is 1. The highest BCUT2D eigenvalue weighted by atomic mass is 19.4. The predicted molar refractivity (Wildman–Crippen MR) is 111 cm³/mol. The molecule has 0 saturated heterocycles. The number of alkyl halides is 3. The first-order valence-corrected chi connectivity index (χ1v) is 10.1. The molecule has 0 unspecified atom stereocenters. The van der Waals surface area contributed by atoms with Crippen molar-refractivity contribution >= 4 is 11.2 Å². The molecule has 180 valence electrons. The van der Waals surface area contributed by atoms with E-state index >= 15 is 0 Å². The lowest BCUT2D eigenvalue weighted by molar-refractivity contribution is -0.274. The van der Waals surface area contributed by atoms with E-state index in [2.05, 4.69) is 9.72 Å². The molecule has 0 atom stereocenters. The topological polar surface area (TPSA) is 110 Å². The van der Waals surface area contributed by atoms with E-state index in [1.54, 1.807) is 6.92 Å². The molecule has 0 saturated carbocycles. The Morgan fingerprint density at radius 2 is 1.79 bits per heavy atom. The minimum atomic E-state index is -4.81. The maximum Gasteiger partial charge on any atom is 0.573 e. The number of aryl methyl sites for hydroxylation is 2. The fraction of sp³-hybridized carbons (Fsp3) is 0.450. The average molecular weight is 472 g/mol. The molecule has 0 fully saturated rings. The molecule has 0 aliphatic heterocycles. The summed E-state index contributed by atoms with van der Waals surface area (Å²) in [7, 11) is 1.48. The minimum Gasteiger partial charge on any atom is -0.490 e. The second-order valence-corrected chi connectivity index (χ2v) is 6.91. The van der Waals surface area contributed by atoms with E-state index in [1.165, 1.54) is 28.3 Å². The Hall–Kier alpha value is -3.48. The van der Waals surface area contributed by atoms with Crippen molar-refractivity contribution in [3.05, 3.63) is 45.1 Å². The van der Waals surface area contributed by atoms with Crippen molar-refractivity contribution in [3.8, 4) is 17.5 Å². The third-order valence-corrected chi connectivity index (χ3v) is 4.68. The number of nitrogens with zero attached hydrogens (tertiary/aromatic N) is 4. The number of imidazole rings is 1. The van der Waals surface area contributed by atoms with Crippen LogP contribution in [0.1, 0.15) is 13.3 Å². The fourth-order valence-corrected chi connectivity index (χ4v) is 3.23. The first-order valence-electron chi connectivity index (χ1n) is 10.1. The first kappa shape index (κ1) is 24.2. The van der Waals surface area contributed by atoms with E-state index in [0.717, 1.165) is 16.7 Å². The summed E-state index contributed by atoms with van der Waals surface area (Å²) in [6.45, 7) is 1.95. The van der Waals surface area contributed by atoms with Crippen LogP contribution in [0.5, 0.6) is 17.5 Å². The zero-order chi connectivity index (χ0) is 24.2. The molecule has 0 radical (unpaired) electrons. The fourth-order valence-electron chi connectivity index (χ4n) is 3.23. The van der Waals surface area contributed by atoms with Crippen molar-refractivity contribution < 1.29 is 32.5 Å². The second-order valence-electron chi connectivity index (χ2n) is 6.91. The molecule has 10 nitrogen and oxygen atoms in total. The Labute approximate surface area is 185 Å². The summed E-state index contributed by atoms with van der Waals surface area (Å²) in [6, 6.07) is 5.17. The molecular formula is C20H23F3N4O6. The molecule has 13 heteroatoms. The molecule has 33 heavy (non-hydrogen) atoms. The number of benzene rings is 1. The second kappa shape index (κ2) is 9.98. The van der Waals surface area contributed by atoms with Gasteiger partial charge in [0.05, 0.1) is 0 Å². The smallest absolute Gasteiger partial charge is 0.490 e. The minimum absolute atomic E-state index is 0.0257. The van der Waals surface area contributed by atoms with Gasteiger partial charge in [-0.3, -0.25) is 18.5 Å². The molecule has 2 heterocycles. The van der Waals surface area contributed by atoms with Crippen molar-refractivity contribution in [2.24, 2.45) is 7.05 Å². The van der Waals surface area contributed by atoms with Crippen molar-refractivity contribution in [3.63, 3.8) is 0 Å². The van der Waals surface area contributed by atoms with E-state index in [4.69, 9.17) is 14.6 Å². The van der Waals surface area contributed by atoms with Gasteiger partial charge in [-0.15, -0.1) is 13.2 Å². The number of halogens is 3. The van der Waals surface area contributed by atoms with Crippen molar-refractivity contribution in [2.45, 2.75) is 32.8 Å². The highest BCUT2D eigenvalue weighted by Crippen LogP contribution is 2.26. The van der Waals surface area contributed by atoms with Gasteiger partial charge in [0.25, 0.3) is 11.6 Å². The molecule has 0 aliphatic rings. The number of aliphatic hydroxyl groups is 1. The number of fused-ring (bicyclic) bond motifs is 1. The van der Waals surface area contributed by atoms with Crippen LogP contribution in [-0.2, 0) is 20.1 Å². The van der Waals surface area contributed by atoms with Crippen molar-refractivity contribution in [1.82, 2.24) is 18.7 Å². The molecule has 3 aromatic rings. The maximum absolute atomic E-state index is 12.9. The van der Waals surface area contributed by atoms with E-state index < -0.39 is 23.4 Å². The summed E-state index contributed by atoms with van der Waals surface area (Å²) in [4.78, 5) is 29.7. The van der Waals surface area contributed by atoms with Gasteiger partial charge >= 0.3 is 12.1 Å². The summed E-state index contributed by atoms with van der Waals surface area (Å²) >= 11 is 0. The lowest BCUT2D eigenvalue weighted by atomic mass is 10.3. The Balaban J connectivity index is 1.76. The quantitative estimate of drug-likeness (QED) is 0.447. The summed E-state index contributed by atoms with van der Waals surface area (Å²) in [6.07, 6.45) is -4.56. The summed E-state index contributed by atoms with van der Waals surface area (Å²) in [5.74, 6) is -0.259. The van der Waals surface area contributed by atoms with Crippen LogP contribution in [0.3, 0.4) is 0 Å². The molecule has 0 amide bonds.